The van der Waals surface area contributed by atoms with Crippen molar-refractivity contribution in [3.8, 4) is 11.5 Å². The van der Waals surface area contributed by atoms with Crippen LogP contribution in [0.5, 0.6) is 11.5 Å². The van der Waals surface area contributed by atoms with Crippen LogP contribution in [0.2, 0.25) is 0 Å². The first-order valence-electron chi connectivity index (χ1n) is 5.92. The van der Waals surface area contributed by atoms with Gasteiger partial charge in [-0.2, -0.15) is 0 Å². The van der Waals surface area contributed by atoms with E-state index < -0.39 is 4.92 Å². The number of nitro groups is 1. The Morgan fingerprint density at radius 1 is 1.50 bits per heavy atom. The molecule has 18 heavy (non-hydrogen) atoms. The van der Waals surface area contributed by atoms with Crippen molar-refractivity contribution in [1.82, 2.24) is 5.32 Å². The fourth-order valence-electron chi connectivity index (χ4n) is 2.26. The zero-order valence-electron chi connectivity index (χ0n) is 10.2. The van der Waals surface area contributed by atoms with Gasteiger partial charge in [-0.05, 0) is 19.4 Å². The van der Waals surface area contributed by atoms with Gasteiger partial charge in [0.05, 0.1) is 18.1 Å². The lowest BCUT2D eigenvalue weighted by Gasteiger charge is -2.24. The Hall–Kier alpha value is -1.82. The maximum absolute atomic E-state index is 10.9. The van der Waals surface area contributed by atoms with Crippen molar-refractivity contribution in [1.29, 1.82) is 0 Å². The third-order valence-electron chi connectivity index (χ3n) is 3.21. The number of benzene rings is 1. The molecule has 0 aliphatic carbocycles. The zero-order chi connectivity index (χ0) is 13.1. The summed E-state index contributed by atoms with van der Waals surface area (Å²) in [4.78, 5) is 10.4. The number of rotatable bonds is 3. The summed E-state index contributed by atoms with van der Waals surface area (Å²) in [6.45, 7) is 0.856. The standard InChI is InChI=1S/C12H16N2O4/c1-18-11-7-8(14(16)17)6-9(12(11)15)10-4-2-3-5-13-10/h6-7,10,13,15H,2-5H2,1H3/t10-/m1/s1. The average molecular weight is 252 g/mol. The smallest absolute Gasteiger partial charge is 0.273 e. The first-order chi connectivity index (χ1) is 8.63. The van der Waals surface area contributed by atoms with Gasteiger partial charge in [-0.3, -0.25) is 10.1 Å². The van der Waals surface area contributed by atoms with Gasteiger partial charge in [0.25, 0.3) is 5.69 Å². The van der Waals surface area contributed by atoms with Crippen LogP contribution in [0.4, 0.5) is 5.69 Å². The van der Waals surface area contributed by atoms with Crippen LogP contribution in [0, 0.1) is 10.1 Å². The van der Waals surface area contributed by atoms with E-state index in [0.29, 0.717) is 5.56 Å². The van der Waals surface area contributed by atoms with E-state index in [-0.39, 0.29) is 23.2 Å². The molecule has 1 aromatic carbocycles. The van der Waals surface area contributed by atoms with Crippen LogP contribution in [0.25, 0.3) is 0 Å². The summed E-state index contributed by atoms with van der Waals surface area (Å²) in [6, 6.07) is 2.61. The number of nitrogens with zero attached hydrogens (tertiary/aromatic N) is 1. The normalized spacial score (nSPS) is 19.5. The van der Waals surface area contributed by atoms with E-state index in [0.717, 1.165) is 25.8 Å². The summed E-state index contributed by atoms with van der Waals surface area (Å²) < 4.78 is 4.99. The van der Waals surface area contributed by atoms with E-state index in [1.54, 1.807) is 0 Å². The number of nitro benzene ring substituents is 1. The van der Waals surface area contributed by atoms with Crippen molar-refractivity contribution >= 4 is 5.69 Å². The summed E-state index contributed by atoms with van der Waals surface area (Å²) >= 11 is 0. The molecule has 0 bridgehead atoms. The molecule has 0 aromatic heterocycles. The number of non-ortho nitro benzene ring substituents is 1. The van der Waals surface area contributed by atoms with Gasteiger partial charge in [0.2, 0.25) is 0 Å². The minimum atomic E-state index is -0.478. The predicted octanol–water partition coefficient (Wildman–Crippen LogP) is 2.12. The topological polar surface area (TPSA) is 84.6 Å². The number of nitrogens with one attached hydrogen (secondary N) is 1. The van der Waals surface area contributed by atoms with Gasteiger partial charge in [-0.15, -0.1) is 0 Å². The molecule has 6 nitrogen and oxygen atoms in total. The molecule has 1 aromatic rings. The SMILES string of the molecule is COc1cc([N+](=O)[O-])cc([C@H]2CCCCN2)c1O. The highest BCUT2D eigenvalue weighted by Crippen LogP contribution is 2.39. The Morgan fingerprint density at radius 3 is 2.83 bits per heavy atom. The second-order valence-electron chi connectivity index (χ2n) is 4.35. The van der Waals surface area contributed by atoms with Gasteiger partial charge < -0.3 is 15.2 Å². The van der Waals surface area contributed by atoms with Crippen molar-refractivity contribution in [3.05, 3.63) is 27.8 Å². The van der Waals surface area contributed by atoms with Crippen molar-refractivity contribution in [2.24, 2.45) is 0 Å². The minimum Gasteiger partial charge on any atom is -0.504 e. The van der Waals surface area contributed by atoms with Gasteiger partial charge in [0.15, 0.2) is 11.5 Å². The molecule has 1 heterocycles. The van der Waals surface area contributed by atoms with Crippen molar-refractivity contribution < 1.29 is 14.8 Å². The Kier molecular flexibility index (Phi) is 3.66. The summed E-state index contributed by atoms with van der Waals surface area (Å²) in [7, 11) is 1.39. The molecular formula is C12H16N2O4. The lowest BCUT2D eigenvalue weighted by Crippen LogP contribution is -2.26. The average Bonchev–Trinajstić information content (AvgIpc) is 2.39. The van der Waals surface area contributed by atoms with Gasteiger partial charge in [-0.25, -0.2) is 0 Å². The number of hydrogen-bond acceptors (Lipinski definition) is 5. The molecule has 1 aliphatic heterocycles. The van der Waals surface area contributed by atoms with E-state index in [4.69, 9.17) is 4.74 Å². The van der Waals surface area contributed by atoms with Crippen LogP contribution in [-0.4, -0.2) is 23.7 Å². The maximum Gasteiger partial charge on any atom is 0.273 e. The van der Waals surface area contributed by atoms with Crippen molar-refractivity contribution in [2.75, 3.05) is 13.7 Å². The molecule has 0 unspecified atom stereocenters. The first-order valence-corrected chi connectivity index (χ1v) is 5.92. The van der Waals surface area contributed by atoms with E-state index in [1.165, 1.54) is 19.2 Å². The third-order valence-corrected chi connectivity index (χ3v) is 3.21. The largest absolute Gasteiger partial charge is 0.504 e. The summed E-state index contributed by atoms with van der Waals surface area (Å²) in [5.74, 6) is 0.133. The quantitative estimate of drug-likeness (QED) is 0.635. The summed E-state index contributed by atoms with van der Waals surface area (Å²) in [6.07, 6.45) is 2.99. The molecule has 1 atom stereocenters. The minimum absolute atomic E-state index is 0.0116. The Bertz CT molecular complexity index is 456. The molecule has 1 fully saturated rings. The number of hydrogen-bond donors (Lipinski definition) is 2. The molecular weight excluding hydrogens is 236 g/mol. The third kappa shape index (κ3) is 2.38. The maximum atomic E-state index is 10.9. The zero-order valence-corrected chi connectivity index (χ0v) is 10.2. The molecule has 0 spiro atoms. The fraction of sp³-hybridized carbons (Fsp3) is 0.500. The molecule has 0 radical (unpaired) electrons. The fourth-order valence-corrected chi connectivity index (χ4v) is 2.26. The number of piperidine rings is 1. The lowest BCUT2D eigenvalue weighted by atomic mass is 9.96. The van der Waals surface area contributed by atoms with Gasteiger partial charge in [0, 0.05) is 17.7 Å². The molecule has 1 saturated heterocycles. The molecule has 2 N–H and O–H groups in total. The van der Waals surface area contributed by atoms with Gasteiger partial charge in [-0.1, -0.05) is 6.42 Å². The molecule has 2 rings (SSSR count). The Morgan fingerprint density at radius 2 is 2.28 bits per heavy atom. The Balaban J connectivity index is 2.43. The second-order valence-corrected chi connectivity index (χ2v) is 4.35. The number of aromatic hydroxyl groups is 1. The van der Waals surface area contributed by atoms with Crippen LogP contribution < -0.4 is 10.1 Å². The predicted molar refractivity (Wildman–Crippen MR) is 65.9 cm³/mol. The van der Waals surface area contributed by atoms with E-state index in [2.05, 4.69) is 5.32 Å². The van der Waals surface area contributed by atoms with E-state index in [1.807, 2.05) is 0 Å². The highest BCUT2D eigenvalue weighted by molar-refractivity contribution is 5.54. The van der Waals surface area contributed by atoms with Crippen molar-refractivity contribution in [3.63, 3.8) is 0 Å². The monoisotopic (exact) mass is 252 g/mol. The molecule has 98 valence electrons. The number of phenolic OH excluding ortho intramolecular Hbond substituents is 1. The lowest BCUT2D eigenvalue weighted by molar-refractivity contribution is -0.385. The molecule has 1 aliphatic rings. The van der Waals surface area contributed by atoms with Crippen LogP contribution in [0.1, 0.15) is 30.9 Å². The first kappa shape index (κ1) is 12.6. The number of methoxy groups -OCH3 is 1. The molecule has 0 saturated carbocycles. The summed E-state index contributed by atoms with van der Waals surface area (Å²) in [5.41, 5.74) is 0.479. The molecule has 0 amide bonds. The van der Waals surface area contributed by atoms with Crippen LogP contribution >= 0.6 is 0 Å². The van der Waals surface area contributed by atoms with E-state index >= 15 is 0 Å². The second kappa shape index (κ2) is 5.22. The highest BCUT2D eigenvalue weighted by Gasteiger charge is 2.24. The van der Waals surface area contributed by atoms with Gasteiger partial charge in [0.1, 0.15) is 0 Å². The van der Waals surface area contributed by atoms with Crippen molar-refractivity contribution in [2.45, 2.75) is 25.3 Å². The Labute approximate surface area is 105 Å². The number of ether oxygens (including phenoxy) is 1. The van der Waals surface area contributed by atoms with E-state index in [9.17, 15) is 15.2 Å². The van der Waals surface area contributed by atoms with Gasteiger partial charge >= 0.3 is 0 Å². The van der Waals surface area contributed by atoms with Crippen LogP contribution in [-0.2, 0) is 0 Å². The number of phenols is 1. The summed E-state index contributed by atoms with van der Waals surface area (Å²) in [5, 5.41) is 24.2. The van der Waals surface area contributed by atoms with Crippen LogP contribution in [0.3, 0.4) is 0 Å². The van der Waals surface area contributed by atoms with Crippen LogP contribution in [0.15, 0.2) is 12.1 Å². The molecule has 6 heteroatoms. The highest BCUT2D eigenvalue weighted by atomic mass is 16.6.